The van der Waals surface area contributed by atoms with Crippen LogP contribution < -0.4 is 4.74 Å². The number of pyridine rings is 2. The van der Waals surface area contributed by atoms with Crippen molar-refractivity contribution in [2.24, 2.45) is 0 Å². The van der Waals surface area contributed by atoms with Crippen LogP contribution in [0.25, 0.3) is 38.5 Å². The lowest BCUT2D eigenvalue weighted by Gasteiger charge is -2.09. The number of aromatic nitrogens is 3. The van der Waals surface area contributed by atoms with Gasteiger partial charge in [-0.05, 0) is 47.9 Å². The zero-order valence-electron chi connectivity index (χ0n) is 12.5. The van der Waals surface area contributed by atoms with Crippen molar-refractivity contribution < 1.29 is 4.74 Å². The fourth-order valence-corrected chi connectivity index (χ4v) is 3.28. The normalized spacial score (nSPS) is 11.7. The molecular weight excluding hydrogens is 286 g/mol. The lowest BCUT2D eigenvalue weighted by Crippen LogP contribution is -1.94. The van der Waals surface area contributed by atoms with Crippen molar-refractivity contribution in [2.45, 2.75) is 0 Å². The van der Waals surface area contributed by atoms with Gasteiger partial charge in [-0.2, -0.15) is 0 Å². The van der Waals surface area contributed by atoms with E-state index < -0.39 is 0 Å². The molecule has 0 atom stereocenters. The van der Waals surface area contributed by atoms with E-state index in [1.54, 1.807) is 7.11 Å². The molecule has 23 heavy (non-hydrogen) atoms. The van der Waals surface area contributed by atoms with Crippen molar-refractivity contribution >= 4 is 38.5 Å². The van der Waals surface area contributed by atoms with Gasteiger partial charge in [-0.25, -0.2) is 9.97 Å². The van der Waals surface area contributed by atoms with Gasteiger partial charge in [0.2, 0.25) is 0 Å². The van der Waals surface area contributed by atoms with Gasteiger partial charge in [-0.1, -0.05) is 12.1 Å². The molecule has 5 rings (SSSR count). The smallest absolute Gasteiger partial charge is 0.147 e. The highest BCUT2D eigenvalue weighted by atomic mass is 16.5. The quantitative estimate of drug-likeness (QED) is 0.435. The first-order valence-electron chi connectivity index (χ1n) is 7.48. The van der Waals surface area contributed by atoms with Gasteiger partial charge in [-0.3, -0.25) is 4.40 Å². The van der Waals surface area contributed by atoms with Crippen molar-refractivity contribution in [3.05, 3.63) is 60.8 Å². The van der Waals surface area contributed by atoms with Crippen molar-refractivity contribution in [3.63, 3.8) is 0 Å². The molecule has 0 saturated carbocycles. The number of methoxy groups -OCH3 is 1. The monoisotopic (exact) mass is 299 g/mol. The van der Waals surface area contributed by atoms with E-state index in [1.165, 1.54) is 0 Å². The fraction of sp³-hybridized carbons (Fsp3) is 0.0526. The van der Waals surface area contributed by atoms with E-state index in [2.05, 4.69) is 27.6 Å². The Morgan fingerprint density at radius 2 is 1.78 bits per heavy atom. The minimum atomic E-state index is 0.828. The molecule has 2 aromatic carbocycles. The number of rotatable bonds is 1. The van der Waals surface area contributed by atoms with Gasteiger partial charge in [0.15, 0.2) is 0 Å². The number of nitrogens with zero attached hydrogens (tertiary/aromatic N) is 3. The fourth-order valence-electron chi connectivity index (χ4n) is 3.28. The zero-order chi connectivity index (χ0) is 15.4. The topological polar surface area (TPSA) is 39.4 Å². The summed E-state index contributed by atoms with van der Waals surface area (Å²) in [6, 6.07) is 18.3. The largest absolute Gasteiger partial charge is 0.497 e. The molecule has 0 saturated heterocycles. The van der Waals surface area contributed by atoms with Gasteiger partial charge in [0.25, 0.3) is 0 Å². The molecule has 110 valence electrons. The lowest BCUT2D eigenvalue weighted by molar-refractivity contribution is 0.415. The van der Waals surface area contributed by atoms with E-state index in [-0.39, 0.29) is 0 Å². The van der Waals surface area contributed by atoms with Crippen LogP contribution in [0.15, 0.2) is 60.8 Å². The molecule has 4 nitrogen and oxygen atoms in total. The van der Waals surface area contributed by atoms with Crippen LogP contribution >= 0.6 is 0 Å². The number of benzene rings is 2. The molecule has 5 aromatic rings. The van der Waals surface area contributed by atoms with Gasteiger partial charge in [0.05, 0.1) is 18.1 Å². The summed E-state index contributed by atoms with van der Waals surface area (Å²) >= 11 is 0. The predicted octanol–water partition coefficient (Wildman–Crippen LogP) is 4.20. The highest BCUT2D eigenvalue weighted by Crippen LogP contribution is 2.33. The van der Waals surface area contributed by atoms with Gasteiger partial charge < -0.3 is 4.74 Å². The second-order valence-corrected chi connectivity index (χ2v) is 5.55. The van der Waals surface area contributed by atoms with Crippen LogP contribution in [0.1, 0.15) is 0 Å². The van der Waals surface area contributed by atoms with Crippen molar-refractivity contribution in [1.29, 1.82) is 0 Å². The predicted molar refractivity (Wildman–Crippen MR) is 92.1 cm³/mol. The summed E-state index contributed by atoms with van der Waals surface area (Å²) in [6.07, 6.45) is 1.83. The number of imidazole rings is 1. The maximum atomic E-state index is 5.40. The average Bonchev–Trinajstić information content (AvgIpc) is 3.01. The molecule has 0 aliphatic carbocycles. The molecule has 0 unspecified atom stereocenters. The second kappa shape index (κ2) is 4.43. The first-order valence-corrected chi connectivity index (χ1v) is 7.48. The molecule has 0 aliphatic rings. The molecule has 0 amide bonds. The van der Waals surface area contributed by atoms with E-state index in [0.717, 1.165) is 44.2 Å². The van der Waals surface area contributed by atoms with E-state index in [1.807, 2.05) is 42.6 Å². The number of para-hydroxylation sites is 2. The Morgan fingerprint density at radius 1 is 0.870 bits per heavy atom. The van der Waals surface area contributed by atoms with Gasteiger partial charge in [-0.15, -0.1) is 0 Å². The molecule has 0 N–H and O–H groups in total. The minimum Gasteiger partial charge on any atom is -0.497 e. The summed E-state index contributed by atoms with van der Waals surface area (Å²) < 4.78 is 7.54. The van der Waals surface area contributed by atoms with E-state index >= 15 is 0 Å². The molecule has 0 spiro atoms. The highest BCUT2D eigenvalue weighted by molar-refractivity contribution is 6.13. The van der Waals surface area contributed by atoms with E-state index in [9.17, 15) is 0 Å². The van der Waals surface area contributed by atoms with Crippen LogP contribution in [0, 0.1) is 0 Å². The molecule has 0 fully saturated rings. The standard InChI is InChI=1S/C19H13N3O/c1-23-12-8-9-13-14-5-4-10-20-18(14)22-17-7-3-2-6-16(17)21-19(22)15(13)11-12/h2-11H,1H3. The molecular formula is C19H13N3O. The Labute approximate surface area is 132 Å². The molecule has 0 bridgehead atoms. The number of hydrogen-bond donors (Lipinski definition) is 0. The van der Waals surface area contributed by atoms with Crippen molar-refractivity contribution in [2.75, 3.05) is 7.11 Å². The third-order valence-electron chi connectivity index (χ3n) is 4.32. The first-order chi connectivity index (χ1) is 11.4. The van der Waals surface area contributed by atoms with E-state index in [4.69, 9.17) is 9.72 Å². The molecule has 3 aromatic heterocycles. The zero-order valence-corrected chi connectivity index (χ0v) is 12.5. The molecule has 0 aliphatic heterocycles. The summed E-state index contributed by atoms with van der Waals surface area (Å²) in [5.74, 6) is 0.828. The second-order valence-electron chi connectivity index (χ2n) is 5.55. The Hall–Kier alpha value is -3.14. The van der Waals surface area contributed by atoms with Crippen LogP contribution in [0.4, 0.5) is 0 Å². The van der Waals surface area contributed by atoms with Crippen LogP contribution in [0.3, 0.4) is 0 Å². The maximum absolute atomic E-state index is 5.40. The molecule has 0 radical (unpaired) electrons. The number of hydrogen-bond acceptors (Lipinski definition) is 3. The summed E-state index contributed by atoms with van der Waals surface area (Å²) in [6.45, 7) is 0. The SMILES string of the molecule is COc1ccc2c3cccnc3n3c4ccccc4nc3c2c1. The number of fused-ring (bicyclic) bond motifs is 8. The first kappa shape index (κ1) is 12.4. The maximum Gasteiger partial charge on any atom is 0.147 e. The Bertz CT molecular complexity index is 1210. The van der Waals surface area contributed by atoms with Crippen LogP contribution in [0.5, 0.6) is 5.75 Å². The lowest BCUT2D eigenvalue weighted by atomic mass is 10.1. The third-order valence-corrected chi connectivity index (χ3v) is 4.32. The summed E-state index contributed by atoms with van der Waals surface area (Å²) in [5.41, 5.74) is 3.87. The van der Waals surface area contributed by atoms with Crippen LogP contribution in [-0.2, 0) is 0 Å². The van der Waals surface area contributed by atoms with Gasteiger partial charge in [0, 0.05) is 17.0 Å². The molecule has 4 heteroatoms. The average molecular weight is 299 g/mol. The third kappa shape index (κ3) is 1.60. The summed E-state index contributed by atoms with van der Waals surface area (Å²) in [5, 5.41) is 3.32. The number of ether oxygens (including phenoxy) is 1. The summed E-state index contributed by atoms with van der Waals surface area (Å²) in [4.78, 5) is 9.45. The Balaban J connectivity index is 2.17. The molecule has 3 heterocycles. The van der Waals surface area contributed by atoms with Crippen LogP contribution in [0.2, 0.25) is 0 Å². The van der Waals surface area contributed by atoms with Gasteiger partial charge in [0.1, 0.15) is 17.0 Å². The highest BCUT2D eigenvalue weighted by Gasteiger charge is 2.14. The van der Waals surface area contributed by atoms with Crippen molar-refractivity contribution in [1.82, 2.24) is 14.4 Å². The van der Waals surface area contributed by atoms with Crippen molar-refractivity contribution in [3.8, 4) is 5.75 Å². The van der Waals surface area contributed by atoms with E-state index in [0.29, 0.717) is 0 Å². The minimum absolute atomic E-state index is 0.828. The Morgan fingerprint density at radius 3 is 2.70 bits per heavy atom. The van der Waals surface area contributed by atoms with Gasteiger partial charge >= 0.3 is 0 Å². The van der Waals surface area contributed by atoms with Crippen LogP contribution in [-0.4, -0.2) is 21.5 Å². The Kier molecular flexibility index (Phi) is 2.39. The summed E-state index contributed by atoms with van der Waals surface area (Å²) in [7, 11) is 1.68.